The van der Waals surface area contributed by atoms with Gasteiger partial charge < -0.3 is 5.32 Å². The van der Waals surface area contributed by atoms with Crippen molar-refractivity contribution in [1.29, 1.82) is 0 Å². The average molecular weight is 303 g/mol. The molecule has 21 heavy (non-hydrogen) atoms. The number of hydrogen-bond donors (Lipinski definition) is 1. The van der Waals surface area contributed by atoms with Gasteiger partial charge in [-0.15, -0.1) is 0 Å². The summed E-state index contributed by atoms with van der Waals surface area (Å²) in [5.41, 5.74) is 1.09. The molecule has 1 aliphatic rings. The van der Waals surface area contributed by atoms with Gasteiger partial charge in [-0.05, 0) is 36.2 Å². The van der Waals surface area contributed by atoms with Crippen molar-refractivity contribution in [3.05, 3.63) is 48.0 Å². The summed E-state index contributed by atoms with van der Waals surface area (Å²) in [6.07, 6.45) is 2.54. The molecule has 0 spiro atoms. The van der Waals surface area contributed by atoms with Crippen LogP contribution in [0.15, 0.2) is 42.5 Å². The summed E-state index contributed by atoms with van der Waals surface area (Å²) in [5, 5.41) is 5.23. The van der Waals surface area contributed by atoms with Gasteiger partial charge in [0.2, 0.25) is 0 Å². The summed E-state index contributed by atoms with van der Waals surface area (Å²) in [5.74, 6) is 0.320. The third-order valence-electron chi connectivity index (χ3n) is 4.47. The van der Waals surface area contributed by atoms with E-state index in [-0.39, 0.29) is 11.3 Å². The molecule has 3 nitrogen and oxygen atoms in total. The van der Waals surface area contributed by atoms with Crippen molar-refractivity contribution in [3.63, 3.8) is 0 Å². The normalized spacial score (nSPS) is 23.0. The second-order valence-electron chi connectivity index (χ2n) is 5.74. The van der Waals surface area contributed by atoms with Crippen molar-refractivity contribution in [1.82, 2.24) is 5.32 Å². The molecule has 4 heteroatoms. The Bertz CT molecular complexity index is 734. The molecule has 1 aliphatic heterocycles. The second kappa shape index (κ2) is 5.78. The zero-order valence-electron chi connectivity index (χ0n) is 12.2. The summed E-state index contributed by atoms with van der Waals surface area (Å²) in [4.78, 5) is 0. The van der Waals surface area contributed by atoms with E-state index in [2.05, 4.69) is 23.5 Å². The van der Waals surface area contributed by atoms with Gasteiger partial charge in [-0.25, -0.2) is 8.42 Å². The van der Waals surface area contributed by atoms with Crippen molar-refractivity contribution in [3.8, 4) is 0 Å². The Hall–Kier alpha value is -1.39. The molecule has 0 aromatic heterocycles. The van der Waals surface area contributed by atoms with Crippen molar-refractivity contribution < 1.29 is 8.42 Å². The lowest BCUT2D eigenvalue weighted by Gasteiger charge is -2.31. The zero-order valence-corrected chi connectivity index (χ0v) is 13.1. The van der Waals surface area contributed by atoms with E-state index in [4.69, 9.17) is 0 Å². The number of nitrogens with one attached hydrogen (secondary N) is 1. The van der Waals surface area contributed by atoms with E-state index in [1.165, 1.54) is 0 Å². The smallest absolute Gasteiger partial charge is 0.155 e. The molecule has 2 aromatic rings. The lowest BCUT2D eigenvalue weighted by molar-refractivity contribution is 0.471. The first kappa shape index (κ1) is 14.5. The second-order valence-corrected chi connectivity index (χ2v) is 8.08. The Balaban J connectivity index is 2.10. The third-order valence-corrected chi connectivity index (χ3v) is 6.76. The lowest BCUT2D eigenvalue weighted by Crippen LogP contribution is -2.39. The summed E-state index contributed by atoms with van der Waals surface area (Å²) in [6, 6.07) is 14.2. The molecule has 3 rings (SSSR count). The van der Waals surface area contributed by atoms with Gasteiger partial charge in [0, 0.05) is 6.04 Å². The fourth-order valence-corrected chi connectivity index (χ4v) is 5.55. The van der Waals surface area contributed by atoms with Gasteiger partial charge in [0.15, 0.2) is 9.84 Å². The Morgan fingerprint density at radius 1 is 1.10 bits per heavy atom. The molecule has 1 heterocycles. The first-order valence-electron chi connectivity index (χ1n) is 7.50. The largest absolute Gasteiger partial charge is 0.312 e. The molecule has 1 N–H and O–H groups in total. The van der Waals surface area contributed by atoms with Crippen LogP contribution < -0.4 is 5.32 Å². The Kier molecular flexibility index (Phi) is 4.00. The van der Waals surface area contributed by atoms with Crippen molar-refractivity contribution >= 4 is 20.6 Å². The van der Waals surface area contributed by atoms with E-state index >= 15 is 0 Å². The summed E-state index contributed by atoms with van der Waals surface area (Å²) < 4.78 is 24.9. The predicted molar refractivity (Wildman–Crippen MR) is 87.2 cm³/mol. The molecular weight excluding hydrogens is 282 g/mol. The van der Waals surface area contributed by atoms with Crippen molar-refractivity contribution in [2.45, 2.75) is 30.6 Å². The van der Waals surface area contributed by atoms with Crippen LogP contribution in [0.2, 0.25) is 0 Å². The van der Waals surface area contributed by atoms with Gasteiger partial charge in [-0.1, -0.05) is 48.9 Å². The molecule has 0 saturated carbocycles. The van der Waals surface area contributed by atoms with Crippen LogP contribution in [-0.4, -0.2) is 26.5 Å². The van der Waals surface area contributed by atoms with Gasteiger partial charge in [-0.2, -0.15) is 0 Å². The average Bonchev–Trinajstić information content (AvgIpc) is 2.49. The number of fused-ring (bicyclic) bond motifs is 1. The number of rotatable bonds is 3. The first-order chi connectivity index (χ1) is 10.1. The topological polar surface area (TPSA) is 46.2 Å². The van der Waals surface area contributed by atoms with E-state index < -0.39 is 9.84 Å². The highest BCUT2D eigenvalue weighted by molar-refractivity contribution is 7.92. The third kappa shape index (κ3) is 2.70. The first-order valence-corrected chi connectivity index (χ1v) is 9.21. The van der Waals surface area contributed by atoms with Crippen LogP contribution in [0.25, 0.3) is 10.8 Å². The molecule has 0 amide bonds. The van der Waals surface area contributed by atoms with Crippen LogP contribution in [0.3, 0.4) is 0 Å². The zero-order chi connectivity index (χ0) is 14.9. The van der Waals surface area contributed by atoms with Crippen LogP contribution in [0.5, 0.6) is 0 Å². The Morgan fingerprint density at radius 3 is 2.62 bits per heavy atom. The van der Waals surface area contributed by atoms with Gasteiger partial charge in [-0.3, -0.25) is 0 Å². The van der Waals surface area contributed by atoms with Gasteiger partial charge in [0.05, 0.1) is 11.0 Å². The molecule has 0 bridgehead atoms. The van der Waals surface area contributed by atoms with Gasteiger partial charge in [0.1, 0.15) is 0 Å². The van der Waals surface area contributed by atoms with Crippen LogP contribution in [0.4, 0.5) is 0 Å². The molecule has 1 fully saturated rings. The molecule has 2 aromatic carbocycles. The predicted octanol–water partition coefficient (Wildman–Crippen LogP) is 3.07. The fourth-order valence-electron chi connectivity index (χ4n) is 3.42. The van der Waals surface area contributed by atoms with E-state index in [0.29, 0.717) is 5.75 Å². The fraction of sp³-hybridized carbons (Fsp3) is 0.412. The maximum atomic E-state index is 12.5. The SMILES string of the molecule is CNC(c1cccc2ccccc12)C1CCCCS1(=O)=O. The minimum atomic E-state index is -3.01. The standard InChI is InChI=1S/C17H21NO2S/c1-18-17(16-11-4-5-12-21(16,19)20)15-10-6-8-13-7-2-3-9-14(13)15/h2-3,6-10,16-18H,4-5,11-12H2,1H3. The molecule has 2 unspecified atom stereocenters. The highest BCUT2D eigenvalue weighted by atomic mass is 32.2. The lowest BCUT2D eigenvalue weighted by atomic mass is 9.94. The molecule has 0 aliphatic carbocycles. The highest BCUT2D eigenvalue weighted by Gasteiger charge is 2.36. The van der Waals surface area contributed by atoms with Crippen molar-refractivity contribution in [2.24, 2.45) is 0 Å². The molecule has 1 saturated heterocycles. The highest BCUT2D eigenvalue weighted by Crippen LogP contribution is 2.33. The maximum absolute atomic E-state index is 12.5. The van der Waals surface area contributed by atoms with Crippen molar-refractivity contribution in [2.75, 3.05) is 12.8 Å². The number of sulfone groups is 1. The quantitative estimate of drug-likeness (QED) is 0.948. The summed E-state index contributed by atoms with van der Waals surface area (Å²) in [6.45, 7) is 0. The molecule has 2 atom stereocenters. The molecule has 112 valence electrons. The Labute approximate surface area is 126 Å². The Morgan fingerprint density at radius 2 is 1.86 bits per heavy atom. The molecule has 0 radical (unpaired) electrons. The van der Waals surface area contributed by atoms with E-state index in [1.807, 2.05) is 31.3 Å². The maximum Gasteiger partial charge on any atom is 0.155 e. The monoisotopic (exact) mass is 303 g/mol. The number of benzene rings is 2. The van der Waals surface area contributed by atoms with E-state index in [0.717, 1.165) is 35.6 Å². The van der Waals surface area contributed by atoms with Crippen LogP contribution >= 0.6 is 0 Å². The van der Waals surface area contributed by atoms with Gasteiger partial charge >= 0.3 is 0 Å². The van der Waals surface area contributed by atoms with Crippen LogP contribution in [0.1, 0.15) is 30.9 Å². The number of hydrogen-bond acceptors (Lipinski definition) is 3. The van der Waals surface area contributed by atoms with Gasteiger partial charge in [0.25, 0.3) is 0 Å². The van der Waals surface area contributed by atoms with Crippen LogP contribution in [-0.2, 0) is 9.84 Å². The van der Waals surface area contributed by atoms with E-state index in [9.17, 15) is 8.42 Å². The van der Waals surface area contributed by atoms with E-state index in [1.54, 1.807) is 0 Å². The minimum Gasteiger partial charge on any atom is -0.312 e. The summed E-state index contributed by atoms with van der Waals surface area (Å²) in [7, 11) is -1.16. The molecular formula is C17H21NO2S. The minimum absolute atomic E-state index is 0.138. The van der Waals surface area contributed by atoms with Crippen LogP contribution in [0, 0.1) is 0 Å². The summed E-state index contributed by atoms with van der Waals surface area (Å²) >= 11 is 0.